The minimum absolute atomic E-state index is 0.242. The topological polar surface area (TPSA) is 168 Å². The highest BCUT2D eigenvalue weighted by atomic mass is 16.5. The number of hydrogen-bond acceptors (Lipinski definition) is 6. The van der Waals surface area contributed by atoms with Crippen LogP contribution in [0, 0.1) is 0 Å². The number of aryl methyl sites for hydroxylation is 4. The molecule has 0 heterocycles. The first kappa shape index (κ1) is 40.1. The van der Waals surface area contributed by atoms with Gasteiger partial charge in [-0.25, -0.2) is 19.2 Å². The molecule has 0 aromatic heterocycles. The Morgan fingerprint density at radius 3 is 1.00 bits per heavy atom. The van der Waals surface area contributed by atoms with Gasteiger partial charge in [0.25, 0.3) is 0 Å². The largest absolute Gasteiger partial charge is 0.478 e. The predicted molar refractivity (Wildman–Crippen MR) is 202 cm³/mol. The van der Waals surface area contributed by atoms with Crippen LogP contribution in [0.4, 0.5) is 0 Å². The Kier molecular flexibility index (Phi) is 13.1. The second-order valence-electron chi connectivity index (χ2n) is 13.7. The molecule has 4 aromatic rings. The van der Waals surface area contributed by atoms with Crippen molar-refractivity contribution in [1.82, 2.24) is 0 Å². The molecular weight excluding hydrogens is 676 g/mol. The van der Waals surface area contributed by atoms with Crippen molar-refractivity contribution in [3.63, 3.8) is 0 Å². The first-order chi connectivity index (χ1) is 25.2. The standard InChI is InChI=1S/C43H48O10/c1-7-11-25-19-29(20-26(12-8-2)37(25)52-31-15-17-33(39(44)45)35(23-31)41(48)49)43(5,6)30-21-27(13-9-3)38(28(22-30)14-10-4)53-32-16-18-34(40(46)47)36(24-32)42(50)51/h15-24H,7-14H2,1-6H3,(H,44,45)(H,46,47)(H,48,49)(H,50,51). The molecule has 0 radical (unpaired) electrons. The van der Waals surface area contributed by atoms with E-state index in [9.17, 15) is 39.6 Å². The van der Waals surface area contributed by atoms with Gasteiger partial charge in [-0.1, -0.05) is 91.5 Å². The van der Waals surface area contributed by atoms with Crippen LogP contribution in [-0.2, 0) is 31.1 Å². The van der Waals surface area contributed by atoms with Crippen LogP contribution in [0.1, 0.15) is 142 Å². The van der Waals surface area contributed by atoms with Gasteiger partial charge < -0.3 is 29.9 Å². The summed E-state index contributed by atoms with van der Waals surface area (Å²) in [5, 5.41) is 38.4. The van der Waals surface area contributed by atoms with Crippen molar-refractivity contribution in [2.75, 3.05) is 0 Å². The van der Waals surface area contributed by atoms with Crippen LogP contribution in [0.5, 0.6) is 23.0 Å². The van der Waals surface area contributed by atoms with Gasteiger partial charge in [-0.05, 0) is 95.5 Å². The van der Waals surface area contributed by atoms with Crippen LogP contribution in [0.15, 0.2) is 60.7 Å². The zero-order chi connectivity index (χ0) is 39.0. The third-order valence-electron chi connectivity index (χ3n) is 9.35. The minimum Gasteiger partial charge on any atom is -0.478 e. The van der Waals surface area contributed by atoms with Gasteiger partial charge >= 0.3 is 23.9 Å². The van der Waals surface area contributed by atoms with Crippen molar-refractivity contribution < 1.29 is 49.1 Å². The lowest BCUT2D eigenvalue weighted by molar-refractivity contribution is 0.0651. The lowest BCUT2D eigenvalue weighted by Gasteiger charge is -2.30. The number of carbonyl (C=O) groups is 4. The molecule has 0 saturated heterocycles. The molecule has 0 unspecified atom stereocenters. The molecule has 0 aliphatic carbocycles. The number of carboxylic acids is 4. The smallest absolute Gasteiger partial charge is 0.336 e. The van der Waals surface area contributed by atoms with Crippen molar-refractivity contribution in [3.8, 4) is 23.0 Å². The Labute approximate surface area is 310 Å². The number of aromatic carboxylic acids is 4. The van der Waals surface area contributed by atoms with E-state index in [-0.39, 0.29) is 33.8 Å². The molecule has 0 aliphatic heterocycles. The molecule has 0 amide bonds. The van der Waals surface area contributed by atoms with Gasteiger partial charge in [-0.2, -0.15) is 0 Å². The molecule has 280 valence electrons. The molecule has 4 N–H and O–H groups in total. The van der Waals surface area contributed by atoms with Gasteiger partial charge in [0.05, 0.1) is 22.3 Å². The maximum atomic E-state index is 11.9. The van der Waals surface area contributed by atoms with E-state index in [1.165, 1.54) is 36.4 Å². The average molecular weight is 725 g/mol. The van der Waals surface area contributed by atoms with E-state index in [0.29, 0.717) is 37.2 Å². The van der Waals surface area contributed by atoms with Crippen LogP contribution in [0.25, 0.3) is 0 Å². The SMILES string of the molecule is CCCc1cc(C(C)(C)c2cc(CCC)c(Oc3ccc(C(=O)O)c(C(=O)O)c3)c(CCC)c2)cc(CCC)c1Oc1ccc(C(=O)O)c(C(=O)O)c1. The second kappa shape index (κ2) is 17.3. The van der Waals surface area contributed by atoms with Crippen molar-refractivity contribution in [2.24, 2.45) is 0 Å². The van der Waals surface area contributed by atoms with Gasteiger partial charge in [0.15, 0.2) is 0 Å². The summed E-state index contributed by atoms with van der Waals surface area (Å²) < 4.78 is 12.8. The highest BCUT2D eigenvalue weighted by Gasteiger charge is 2.29. The van der Waals surface area contributed by atoms with Crippen LogP contribution >= 0.6 is 0 Å². The van der Waals surface area contributed by atoms with Crippen molar-refractivity contribution in [2.45, 2.75) is 98.3 Å². The van der Waals surface area contributed by atoms with Crippen LogP contribution in [-0.4, -0.2) is 44.3 Å². The quantitative estimate of drug-likeness (QED) is 0.0775. The molecule has 0 fully saturated rings. The molecule has 4 aromatic carbocycles. The lowest BCUT2D eigenvalue weighted by Crippen LogP contribution is -2.21. The molecule has 4 rings (SSSR count). The summed E-state index contributed by atoms with van der Waals surface area (Å²) in [6.45, 7) is 12.6. The zero-order valence-electron chi connectivity index (χ0n) is 31.2. The fourth-order valence-electron chi connectivity index (χ4n) is 6.62. The van der Waals surface area contributed by atoms with Gasteiger partial charge in [0.2, 0.25) is 0 Å². The summed E-state index contributed by atoms with van der Waals surface area (Å²) in [6.07, 6.45) is 6.10. The number of rotatable bonds is 18. The molecule has 0 spiro atoms. The fraction of sp³-hybridized carbons (Fsp3) is 0.349. The third kappa shape index (κ3) is 9.06. The van der Waals surface area contributed by atoms with E-state index in [4.69, 9.17) is 9.47 Å². The molecule has 53 heavy (non-hydrogen) atoms. The monoisotopic (exact) mass is 724 g/mol. The Morgan fingerprint density at radius 1 is 0.472 bits per heavy atom. The van der Waals surface area contributed by atoms with Gasteiger partial charge in [0.1, 0.15) is 23.0 Å². The molecule has 0 aliphatic rings. The average Bonchev–Trinajstić information content (AvgIpc) is 3.10. The summed E-state index contributed by atoms with van der Waals surface area (Å²) in [6, 6.07) is 16.5. The van der Waals surface area contributed by atoms with Crippen LogP contribution in [0.2, 0.25) is 0 Å². The Morgan fingerprint density at radius 2 is 0.755 bits per heavy atom. The first-order valence-electron chi connectivity index (χ1n) is 18.1. The van der Waals surface area contributed by atoms with Gasteiger partial charge in [0, 0.05) is 5.41 Å². The predicted octanol–water partition coefficient (Wildman–Crippen LogP) is 10.2. The van der Waals surface area contributed by atoms with Crippen molar-refractivity contribution in [1.29, 1.82) is 0 Å². The number of hydrogen-bond donors (Lipinski definition) is 4. The van der Waals surface area contributed by atoms with E-state index in [0.717, 1.165) is 59.1 Å². The van der Waals surface area contributed by atoms with E-state index >= 15 is 0 Å². The van der Waals surface area contributed by atoms with E-state index < -0.39 is 29.3 Å². The van der Waals surface area contributed by atoms with E-state index in [1.54, 1.807) is 0 Å². The second-order valence-corrected chi connectivity index (χ2v) is 13.7. The normalized spacial score (nSPS) is 11.3. The van der Waals surface area contributed by atoms with Crippen LogP contribution < -0.4 is 9.47 Å². The Hall–Kier alpha value is -5.64. The summed E-state index contributed by atoms with van der Waals surface area (Å²) in [4.78, 5) is 47.1. The molecular formula is C43H48O10. The number of benzene rings is 4. The summed E-state index contributed by atoms with van der Waals surface area (Å²) in [5.41, 5.74) is 4.16. The fourth-order valence-corrected chi connectivity index (χ4v) is 6.62. The van der Waals surface area contributed by atoms with E-state index in [1.807, 2.05) is 0 Å². The van der Waals surface area contributed by atoms with Crippen molar-refractivity contribution in [3.05, 3.63) is 116 Å². The zero-order valence-corrected chi connectivity index (χ0v) is 31.2. The first-order valence-corrected chi connectivity index (χ1v) is 18.1. The lowest BCUT2D eigenvalue weighted by atomic mass is 9.75. The van der Waals surface area contributed by atoms with Gasteiger partial charge in [-0.15, -0.1) is 0 Å². The maximum absolute atomic E-state index is 11.9. The van der Waals surface area contributed by atoms with Crippen LogP contribution in [0.3, 0.4) is 0 Å². The highest BCUT2D eigenvalue weighted by molar-refractivity contribution is 6.02. The van der Waals surface area contributed by atoms with Crippen molar-refractivity contribution >= 4 is 23.9 Å². The summed E-state index contributed by atoms with van der Waals surface area (Å²) in [5.74, 6) is -3.59. The molecule has 10 heteroatoms. The molecule has 0 atom stereocenters. The van der Waals surface area contributed by atoms with Gasteiger partial charge in [-0.3, -0.25) is 0 Å². The molecule has 0 saturated carbocycles. The summed E-state index contributed by atoms with van der Waals surface area (Å²) in [7, 11) is 0. The highest BCUT2D eigenvalue weighted by Crippen LogP contribution is 2.42. The maximum Gasteiger partial charge on any atom is 0.336 e. The van der Waals surface area contributed by atoms with E-state index in [2.05, 4.69) is 65.8 Å². The third-order valence-corrected chi connectivity index (χ3v) is 9.35. The minimum atomic E-state index is -1.35. The molecule has 0 bridgehead atoms. The Bertz CT molecular complexity index is 1830. The number of ether oxygens (including phenoxy) is 2. The molecule has 10 nitrogen and oxygen atoms in total. The number of carboxylic acid groups (broad SMARTS) is 4. The summed E-state index contributed by atoms with van der Waals surface area (Å²) >= 11 is 0. The Balaban J connectivity index is 1.85.